The lowest BCUT2D eigenvalue weighted by Crippen LogP contribution is -2.30. The molecule has 1 heterocycles. The SMILES string of the molecule is CCOc1ccc(N)cc1N1C(=O)c2ccc(N)cc2C1=O. The topological polar surface area (TPSA) is 98.7 Å². The van der Waals surface area contributed by atoms with Crippen molar-refractivity contribution in [3.05, 3.63) is 47.5 Å². The number of nitrogens with zero attached hydrogens (tertiary/aromatic N) is 1. The van der Waals surface area contributed by atoms with E-state index in [1.54, 1.807) is 30.3 Å². The van der Waals surface area contributed by atoms with Crippen LogP contribution in [0.15, 0.2) is 36.4 Å². The molecule has 1 aliphatic rings. The van der Waals surface area contributed by atoms with Gasteiger partial charge in [0.15, 0.2) is 0 Å². The minimum Gasteiger partial charge on any atom is -0.492 e. The summed E-state index contributed by atoms with van der Waals surface area (Å²) in [6.07, 6.45) is 0. The number of benzene rings is 2. The molecule has 6 heteroatoms. The van der Waals surface area contributed by atoms with Crippen LogP contribution in [0, 0.1) is 0 Å². The molecule has 3 rings (SSSR count). The lowest BCUT2D eigenvalue weighted by molar-refractivity contribution is 0.0925. The largest absolute Gasteiger partial charge is 0.492 e. The van der Waals surface area contributed by atoms with Gasteiger partial charge < -0.3 is 16.2 Å². The number of amides is 2. The van der Waals surface area contributed by atoms with Crippen LogP contribution in [0.5, 0.6) is 5.75 Å². The first-order valence-corrected chi connectivity index (χ1v) is 6.83. The zero-order chi connectivity index (χ0) is 15.9. The Balaban J connectivity index is 2.13. The van der Waals surface area contributed by atoms with E-state index in [-0.39, 0.29) is 5.56 Å². The Labute approximate surface area is 127 Å². The van der Waals surface area contributed by atoms with E-state index >= 15 is 0 Å². The molecule has 2 aromatic carbocycles. The number of nitrogens with two attached hydrogens (primary N) is 2. The molecule has 112 valence electrons. The Morgan fingerprint density at radius 2 is 1.59 bits per heavy atom. The minimum absolute atomic E-state index is 0.287. The highest BCUT2D eigenvalue weighted by molar-refractivity contribution is 6.35. The Morgan fingerprint density at radius 3 is 2.32 bits per heavy atom. The van der Waals surface area contributed by atoms with Gasteiger partial charge in [-0.2, -0.15) is 0 Å². The maximum Gasteiger partial charge on any atom is 0.266 e. The normalized spacial score (nSPS) is 13.4. The van der Waals surface area contributed by atoms with Crippen LogP contribution in [0.25, 0.3) is 0 Å². The highest BCUT2D eigenvalue weighted by Gasteiger charge is 2.38. The summed E-state index contributed by atoms with van der Waals surface area (Å²) in [4.78, 5) is 26.2. The molecule has 0 bridgehead atoms. The first-order valence-electron chi connectivity index (χ1n) is 6.83. The molecule has 0 spiro atoms. The van der Waals surface area contributed by atoms with Crippen LogP contribution < -0.4 is 21.1 Å². The van der Waals surface area contributed by atoms with Crippen LogP contribution in [-0.4, -0.2) is 18.4 Å². The van der Waals surface area contributed by atoms with E-state index in [1.807, 2.05) is 6.92 Å². The first-order chi connectivity index (χ1) is 10.5. The fourth-order valence-electron chi connectivity index (χ4n) is 2.46. The number of rotatable bonds is 3. The van der Waals surface area contributed by atoms with E-state index in [2.05, 4.69) is 0 Å². The van der Waals surface area contributed by atoms with E-state index < -0.39 is 11.8 Å². The fraction of sp³-hybridized carbons (Fsp3) is 0.125. The van der Waals surface area contributed by atoms with Crippen molar-refractivity contribution < 1.29 is 14.3 Å². The zero-order valence-corrected chi connectivity index (χ0v) is 12.0. The maximum atomic E-state index is 12.6. The number of anilines is 3. The van der Waals surface area contributed by atoms with Crippen molar-refractivity contribution in [2.75, 3.05) is 23.0 Å². The lowest BCUT2D eigenvalue weighted by atomic mass is 10.1. The van der Waals surface area contributed by atoms with Crippen molar-refractivity contribution in [3.8, 4) is 5.75 Å². The Hall–Kier alpha value is -3.02. The molecular formula is C16H15N3O3. The molecule has 0 aromatic heterocycles. The summed E-state index contributed by atoms with van der Waals surface area (Å²) < 4.78 is 5.50. The molecule has 4 N–H and O–H groups in total. The van der Waals surface area contributed by atoms with Gasteiger partial charge in [0.05, 0.1) is 23.4 Å². The maximum absolute atomic E-state index is 12.6. The van der Waals surface area contributed by atoms with Gasteiger partial charge in [0.1, 0.15) is 5.75 Å². The molecule has 0 fully saturated rings. The number of hydrogen-bond acceptors (Lipinski definition) is 5. The average Bonchev–Trinajstić information content (AvgIpc) is 2.73. The molecule has 0 atom stereocenters. The van der Waals surface area contributed by atoms with Crippen LogP contribution in [0.2, 0.25) is 0 Å². The van der Waals surface area contributed by atoms with E-state index in [0.29, 0.717) is 35.0 Å². The summed E-state index contributed by atoms with van der Waals surface area (Å²) in [5, 5.41) is 0. The monoisotopic (exact) mass is 297 g/mol. The fourth-order valence-corrected chi connectivity index (χ4v) is 2.46. The van der Waals surface area contributed by atoms with Gasteiger partial charge in [0, 0.05) is 11.4 Å². The Bertz CT molecular complexity index is 786. The van der Waals surface area contributed by atoms with Gasteiger partial charge in [-0.25, -0.2) is 4.90 Å². The molecule has 22 heavy (non-hydrogen) atoms. The summed E-state index contributed by atoms with van der Waals surface area (Å²) in [5.41, 5.74) is 13.3. The Morgan fingerprint density at radius 1 is 0.955 bits per heavy atom. The lowest BCUT2D eigenvalue weighted by Gasteiger charge is -2.18. The van der Waals surface area contributed by atoms with Crippen LogP contribution >= 0.6 is 0 Å². The van der Waals surface area contributed by atoms with Gasteiger partial charge in [0.2, 0.25) is 0 Å². The van der Waals surface area contributed by atoms with Crippen molar-refractivity contribution in [1.29, 1.82) is 0 Å². The molecule has 2 aromatic rings. The third kappa shape index (κ3) is 2.05. The van der Waals surface area contributed by atoms with Crippen molar-refractivity contribution in [2.45, 2.75) is 6.92 Å². The minimum atomic E-state index is -0.432. The average molecular weight is 297 g/mol. The number of fused-ring (bicyclic) bond motifs is 1. The molecular weight excluding hydrogens is 282 g/mol. The third-order valence-corrected chi connectivity index (χ3v) is 3.43. The van der Waals surface area contributed by atoms with E-state index in [4.69, 9.17) is 16.2 Å². The van der Waals surface area contributed by atoms with Gasteiger partial charge in [-0.15, -0.1) is 0 Å². The van der Waals surface area contributed by atoms with Gasteiger partial charge in [-0.05, 0) is 43.3 Å². The summed E-state index contributed by atoms with van der Waals surface area (Å²) in [6, 6.07) is 9.50. The quantitative estimate of drug-likeness (QED) is 0.667. The van der Waals surface area contributed by atoms with Crippen molar-refractivity contribution in [2.24, 2.45) is 0 Å². The molecule has 0 radical (unpaired) electrons. The highest BCUT2D eigenvalue weighted by atomic mass is 16.5. The first kappa shape index (κ1) is 13.9. The number of ether oxygens (including phenoxy) is 1. The molecule has 0 saturated heterocycles. The van der Waals surface area contributed by atoms with Crippen molar-refractivity contribution in [1.82, 2.24) is 0 Å². The van der Waals surface area contributed by atoms with E-state index in [1.165, 1.54) is 6.07 Å². The summed E-state index contributed by atoms with van der Waals surface area (Å²) in [6.45, 7) is 2.23. The predicted octanol–water partition coefficient (Wildman–Crippen LogP) is 2.05. The number of carbonyl (C=O) groups excluding carboxylic acids is 2. The summed E-state index contributed by atoms with van der Waals surface area (Å²) >= 11 is 0. The van der Waals surface area contributed by atoms with Crippen LogP contribution in [-0.2, 0) is 0 Å². The van der Waals surface area contributed by atoms with Gasteiger partial charge in [0.25, 0.3) is 11.8 Å². The van der Waals surface area contributed by atoms with Crippen molar-refractivity contribution in [3.63, 3.8) is 0 Å². The third-order valence-electron chi connectivity index (χ3n) is 3.43. The molecule has 2 amide bonds. The van der Waals surface area contributed by atoms with Gasteiger partial charge >= 0.3 is 0 Å². The number of carbonyl (C=O) groups is 2. The van der Waals surface area contributed by atoms with Crippen LogP contribution in [0.4, 0.5) is 17.1 Å². The highest BCUT2D eigenvalue weighted by Crippen LogP contribution is 2.36. The van der Waals surface area contributed by atoms with Crippen molar-refractivity contribution >= 4 is 28.9 Å². The second-order valence-corrected chi connectivity index (χ2v) is 4.91. The summed E-state index contributed by atoms with van der Waals surface area (Å²) in [7, 11) is 0. The second-order valence-electron chi connectivity index (χ2n) is 4.91. The number of hydrogen-bond donors (Lipinski definition) is 2. The Kier molecular flexibility index (Phi) is 3.21. The van der Waals surface area contributed by atoms with Gasteiger partial charge in [-0.1, -0.05) is 0 Å². The number of imide groups is 1. The predicted molar refractivity (Wildman–Crippen MR) is 84.0 cm³/mol. The molecule has 0 unspecified atom stereocenters. The van der Waals surface area contributed by atoms with Crippen LogP contribution in [0.1, 0.15) is 27.6 Å². The summed E-state index contributed by atoms with van der Waals surface area (Å²) in [5.74, 6) is -0.412. The zero-order valence-electron chi connectivity index (χ0n) is 12.0. The smallest absolute Gasteiger partial charge is 0.266 e. The molecule has 0 saturated carbocycles. The van der Waals surface area contributed by atoms with E-state index in [9.17, 15) is 9.59 Å². The standard InChI is InChI=1S/C16H15N3O3/c1-2-22-14-6-4-10(18)8-13(14)19-15(20)11-5-3-9(17)7-12(11)16(19)21/h3-8H,2,17-18H2,1H3. The van der Waals surface area contributed by atoms with E-state index in [0.717, 1.165) is 4.90 Å². The van der Waals surface area contributed by atoms with Crippen LogP contribution in [0.3, 0.4) is 0 Å². The number of nitrogen functional groups attached to an aromatic ring is 2. The molecule has 1 aliphatic heterocycles. The van der Waals surface area contributed by atoms with Gasteiger partial charge in [-0.3, -0.25) is 9.59 Å². The second kappa shape index (κ2) is 5.07. The molecule has 0 aliphatic carbocycles. The molecule has 6 nitrogen and oxygen atoms in total.